The Labute approximate surface area is 181 Å². The van der Waals surface area contributed by atoms with Crippen LogP contribution in [0.1, 0.15) is 6.42 Å². The Morgan fingerprint density at radius 1 is 0.710 bits per heavy atom. The minimum absolute atomic E-state index is 0.0208. The highest BCUT2D eigenvalue weighted by Gasteiger charge is 2.26. The van der Waals surface area contributed by atoms with Crippen LogP contribution in [-0.4, -0.2) is 38.1 Å². The van der Waals surface area contributed by atoms with Crippen molar-refractivity contribution in [2.75, 3.05) is 0 Å². The number of aryl methyl sites for hydroxylation is 1. The fourth-order valence-electron chi connectivity index (χ4n) is 3.29. The van der Waals surface area contributed by atoms with Gasteiger partial charge in [-0.05, 0) is 47.5 Å². The fourth-order valence-corrected chi connectivity index (χ4v) is 3.92. The summed E-state index contributed by atoms with van der Waals surface area (Å²) in [6.07, 6.45) is 7.86. The summed E-state index contributed by atoms with van der Waals surface area (Å²) >= 11 is 0. The highest BCUT2D eigenvalue weighted by molar-refractivity contribution is 6.56. The van der Waals surface area contributed by atoms with Crippen LogP contribution in [-0.2, 0) is 6.54 Å². The number of rotatable bonds is 7. The summed E-state index contributed by atoms with van der Waals surface area (Å²) in [6.45, 7) is 0.589. The lowest BCUT2D eigenvalue weighted by Gasteiger charge is -2.09. The highest BCUT2D eigenvalue weighted by Crippen LogP contribution is 2.28. The van der Waals surface area contributed by atoms with E-state index in [2.05, 4.69) is 9.97 Å². The summed E-state index contributed by atoms with van der Waals surface area (Å²) in [5.74, 6) is 0. The average Bonchev–Trinajstić information content (AvgIpc) is 2.80. The minimum Gasteiger partial charge on any atom is -0.390 e. The Bertz CT molecular complexity index is 1080. The van der Waals surface area contributed by atoms with Crippen molar-refractivity contribution in [1.82, 2.24) is 15.0 Å². The topological polar surface area (TPSA) is 103 Å². The number of nitrogens with zero attached hydrogens (tertiary/aromatic N) is 4. The molecule has 0 amide bonds. The summed E-state index contributed by atoms with van der Waals surface area (Å²) in [5.41, 5.74) is 5.13. The van der Waals surface area contributed by atoms with Crippen molar-refractivity contribution in [2.45, 2.75) is 19.0 Å². The lowest BCUT2D eigenvalue weighted by Crippen LogP contribution is -2.38. The van der Waals surface area contributed by atoms with Crippen LogP contribution in [0.25, 0.3) is 33.9 Å². The van der Waals surface area contributed by atoms with Crippen molar-refractivity contribution < 1.29 is 19.0 Å². The number of aromatic nitrogens is 4. The van der Waals surface area contributed by atoms with Gasteiger partial charge in [0.2, 0.25) is 0 Å². The van der Waals surface area contributed by atoms with E-state index >= 15 is 0 Å². The molecule has 0 saturated carbocycles. The molecule has 0 radical (unpaired) electrons. The van der Waals surface area contributed by atoms with Crippen LogP contribution in [0.15, 0.2) is 85.5 Å². The molecule has 31 heavy (non-hydrogen) atoms. The normalized spacial score (nSPS) is 11.5. The first-order valence-electron chi connectivity index (χ1n) is 9.99. The van der Waals surface area contributed by atoms with E-state index in [1.54, 1.807) is 12.4 Å². The molecule has 0 aliphatic rings. The van der Waals surface area contributed by atoms with Crippen molar-refractivity contribution in [3.05, 3.63) is 85.5 Å². The molecule has 0 aliphatic carbocycles. The lowest BCUT2D eigenvalue weighted by atomic mass is 10.0. The third-order valence-electron chi connectivity index (χ3n) is 4.83. The lowest BCUT2D eigenvalue weighted by molar-refractivity contribution is -0.696. The van der Waals surface area contributed by atoms with Crippen molar-refractivity contribution in [3.8, 4) is 33.9 Å². The summed E-state index contributed by atoms with van der Waals surface area (Å²) < 4.78 is 1.95. The van der Waals surface area contributed by atoms with E-state index in [1.165, 1.54) is 0 Å². The van der Waals surface area contributed by atoms with E-state index in [0.29, 0.717) is 13.0 Å². The first kappa shape index (κ1) is 20.9. The summed E-state index contributed by atoms with van der Waals surface area (Å²) in [6, 6.07) is 19.5. The van der Waals surface area contributed by atoms with Gasteiger partial charge in [-0.3, -0.25) is 9.97 Å². The molecule has 7 nitrogen and oxygen atoms in total. The molecule has 0 aliphatic heterocycles. The number of hydrogen-bond donors (Lipinski definition) is 3. The van der Waals surface area contributed by atoms with E-state index < -0.39 is 8.80 Å². The molecular weight excluding hydrogens is 408 g/mol. The Kier molecular flexibility index (Phi) is 6.24. The Morgan fingerprint density at radius 3 is 1.77 bits per heavy atom. The van der Waals surface area contributed by atoms with Gasteiger partial charge in [0.05, 0.1) is 22.8 Å². The molecule has 3 N–H and O–H groups in total. The first-order chi connectivity index (χ1) is 15.0. The quantitative estimate of drug-likeness (QED) is 0.307. The summed E-state index contributed by atoms with van der Waals surface area (Å²) in [5, 5.41) is 0. The van der Waals surface area contributed by atoms with E-state index in [4.69, 9.17) is 19.4 Å². The Morgan fingerprint density at radius 2 is 1.29 bits per heavy atom. The number of pyridine rings is 4. The van der Waals surface area contributed by atoms with Gasteiger partial charge < -0.3 is 14.4 Å². The van der Waals surface area contributed by atoms with Crippen molar-refractivity contribution in [1.29, 1.82) is 0 Å². The zero-order chi connectivity index (χ0) is 21.7. The highest BCUT2D eigenvalue weighted by atomic mass is 28.4. The van der Waals surface area contributed by atoms with Crippen LogP contribution in [0.3, 0.4) is 0 Å². The second-order valence-corrected chi connectivity index (χ2v) is 9.31. The van der Waals surface area contributed by atoms with Crippen LogP contribution in [0.4, 0.5) is 0 Å². The summed E-state index contributed by atoms with van der Waals surface area (Å²) in [7, 11) is -3.98. The van der Waals surface area contributed by atoms with Crippen LogP contribution < -0.4 is 4.57 Å². The molecule has 4 aromatic heterocycles. The second-order valence-electron chi connectivity index (χ2n) is 7.26. The maximum Gasteiger partial charge on any atom is 0.492 e. The number of hydrogen-bond acceptors (Lipinski definition) is 6. The van der Waals surface area contributed by atoms with Gasteiger partial charge in [-0.2, -0.15) is 0 Å². The van der Waals surface area contributed by atoms with Gasteiger partial charge >= 0.3 is 8.80 Å². The standard InChI is InChI=1S/C23H23N4O3Si/c28-31(29,30)15-5-12-27-13-8-18(9-14-27)19-16-22(20-6-1-3-10-24-20)26-23(17-19)21-7-2-4-11-25-21/h1-4,6-11,13-14,16-17,28-30H,5,12,15H2/q+1. The van der Waals surface area contributed by atoms with Gasteiger partial charge in [0.1, 0.15) is 6.54 Å². The fraction of sp³-hybridized carbons (Fsp3) is 0.130. The zero-order valence-electron chi connectivity index (χ0n) is 16.8. The van der Waals surface area contributed by atoms with Gasteiger partial charge in [-0.25, -0.2) is 9.55 Å². The molecule has 0 unspecified atom stereocenters. The molecule has 0 saturated heterocycles. The Balaban J connectivity index is 1.66. The van der Waals surface area contributed by atoms with Crippen molar-refractivity contribution in [3.63, 3.8) is 0 Å². The Hall–Kier alpha value is -3.30. The van der Waals surface area contributed by atoms with E-state index in [1.807, 2.05) is 77.6 Å². The SMILES string of the molecule is O[Si](O)(O)CCC[n+]1ccc(-c2cc(-c3ccccn3)nc(-c3ccccn3)c2)cc1. The minimum atomic E-state index is -3.98. The molecule has 156 valence electrons. The smallest absolute Gasteiger partial charge is 0.390 e. The molecule has 0 fully saturated rings. The van der Waals surface area contributed by atoms with Crippen LogP contribution in [0, 0.1) is 0 Å². The van der Waals surface area contributed by atoms with Gasteiger partial charge in [-0.1, -0.05) is 12.1 Å². The molecule has 0 spiro atoms. The molecule has 4 heterocycles. The van der Waals surface area contributed by atoms with Gasteiger partial charge in [0.15, 0.2) is 12.4 Å². The van der Waals surface area contributed by atoms with Crippen LogP contribution in [0.5, 0.6) is 0 Å². The van der Waals surface area contributed by atoms with Crippen molar-refractivity contribution in [2.24, 2.45) is 0 Å². The van der Waals surface area contributed by atoms with E-state index in [-0.39, 0.29) is 6.04 Å². The van der Waals surface area contributed by atoms with Gasteiger partial charge in [0.25, 0.3) is 0 Å². The molecule has 0 bridgehead atoms. The molecule has 8 heteroatoms. The maximum absolute atomic E-state index is 9.15. The second kappa shape index (κ2) is 9.23. The third kappa shape index (κ3) is 5.65. The monoisotopic (exact) mass is 431 g/mol. The molecule has 4 rings (SSSR count). The first-order valence-corrected chi connectivity index (χ1v) is 12.0. The molecule has 0 atom stereocenters. The molecule has 4 aromatic rings. The van der Waals surface area contributed by atoms with Crippen LogP contribution in [0.2, 0.25) is 6.04 Å². The van der Waals surface area contributed by atoms with Gasteiger partial charge in [-0.15, -0.1) is 0 Å². The predicted octanol–water partition coefficient (Wildman–Crippen LogP) is 2.47. The zero-order valence-corrected chi connectivity index (χ0v) is 17.8. The van der Waals surface area contributed by atoms with Crippen molar-refractivity contribution >= 4 is 8.80 Å². The third-order valence-corrected chi connectivity index (χ3v) is 5.86. The molecular formula is C23H23N4O3Si+. The maximum atomic E-state index is 9.15. The van der Waals surface area contributed by atoms with E-state index in [0.717, 1.165) is 33.9 Å². The predicted molar refractivity (Wildman–Crippen MR) is 118 cm³/mol. The molecule has 0 aromatic carbocycles. The average molecular weight is 432 g/mol. The van der Waals surface area contributed by atoms with E-state index in [9.17, 15) is 0 Å². The summed E-state index contributed by atoms with van der Waals surface area (Å²) in [4.78, 5) is 41.1. The van der Waals surface area contributed by atoms with Crippen LogP contribution >= 0.6 is 0 Å². The largest absolute Gasteiger partial charge is 0.492 e. The van der Waals surface area contributed by atoms with Gasteiger partial charge in [0, 0.05) is 37.0 Å².